The Kier molecular flexibility index (Phi) is 115. The van der Waals surface area contributed by atoms with E-state index in [4.69, 9.17) is 30.3 Å². The summed E-state index contributed by atoms with van der Waals surface area (Å²) in [4.78, 5) is 62.8. The van der Waals surface area contributed by atoms with Gasteiger partial charge in [0.25, 0.3) is 0 Å². The Morgan fingerprint density at radius 2 is 0.265 bits per heavy atom. The fourth-order valence-corrected chi connectivity index (χ4v) is 12.4. The molecule has 0 bridgehead atoms. The van der Waals surface area contributed by atoms with Gasteiger partial charge in [-0.2, -0.15) is 0 Å². The summed E-state index contributed by atoms with van der Waals surface area (Å²) in [6.45, 7) is 16.3. The Labute approximate surface area is 634 Å². The number of ether oxygens (including phenoxy) is 1. The third kappa shape index (κ3) is 133. The van der Waals surface area contributed by atoms with E-state index in [1.54, 1.807) is 0 Å². The van der Waals surface area contributed by atoms with E-state index in [1.807, 2.05) is 0 Å². The lowest BCUT2D eigenvalue weighted by Gasteiger charge is -2.06. The van der Waals surface area contributed by atoms with Gasteiger partial charge in [0, 0.05) is 38.5 Å². The van der Waals surface area contributed by atoms with Gasteiger partial charge in [-0.15, -0.1) is 0 Å². The SMILES string of the molecule is CCCCCCCCCCCC(=O)O.CCCCCCCCCCCC(=O)O.CCCCCCCCCCCC(=O)O.CCCCCCCCCCCC(=O)O.CCCCCCCCCCCC(=O)O.CCCCCCCCCCCCCCCCCCOC(=O)CCCCCCCCCCC. The van der Waals surface area contributed by atoms with Crippen molar-refractivity contribution in [1.82, 2.24) is 0 Å². The van der Waals surface area contributed by atoms with Crippen molar-refractivity contribution < 1.29 is 59.0 Å². The smallest absolute Gasteiger partial charge is 0.305 e. The highest BCUT2D eigenvalue weighted by atomic mass is 16.5. The normalized spacial score (nSPS) is 10.6. The molecule has 0 unspecified atom stereocenters. The summed E-state index contributed by atoms with van der Waals surface area (Å²) in [5.41, 5.74) is 0. The Bertz CT molecular complexity index is 1400. The number of rotatable bonds is 77. The number of carboxylic acids is 5. The van der Waals surface area contributed by atoms with Crippen LogP contribution in [0.1, 0.15) is 536 Å². The molecule has 0 saturated heterocycles. The molecule has 0 saturated carbocycles. The zero-order valence-corrected chi connectivity index (χ0v) is 69.5. The molecule has 12 nitrogen and oxygen atoms in total. The highest BCUT2D eigenvalue weighted by molar-refractivity contribution is 5.69. The van der Waals surface area contributed by atoms with Crippen LogP contribution in [0.2, 0.25) is 0 Å². The summed E-state index contributed by atoms with van der Waals surface area (Å²) >= 11 is 0. The fraction of sp³-hybridized carbons (Fsp3) is 0.933. The molecule has 0 aliphatic heterocycles. The van der Waals surface area contributed by atoms with Gasteiger partial charge in [-0.3, -0.25) is 28.8 Å². The van der Waals surface area contributed by atoms with Crippen molar-refractivity contribution in [3.63, 3.8) is 0 Å². The molecule has 102 heavy (non-hydrogen) atoms. The molecule has 5 N–H and O–H groups in total. The molecule has 0 fully saturated rings. The minimum Gasteiger partial charge on any atom is -0.481 e. The second-order valence-electron chi connectivity index (χ2n) is 30.0. The Balaban J connectivity index is -0.000000284. The second-order valence-corrected chi connectivity index (χ2v) is 30.0. The lowest BCUT2D eigenvalue weighted by molar-refractivity contribution is -0.144. The number of aliphatic carboxylic acids is 5. The van der Waals surface area contributed by atoms with Crippen LogP contribution in [0.15, 0.2) is 0 Å². The molecule has 0 spiro atoms. The van der Waals surface area contributed by atoms with Crippen molar-refractivity contribution in [2.24, 2.45) is 0 Å². The highest BCUT2D eigenvalue weighted by Gasteiger charge is 2.05. The average molecular weight is 1450 g/mol. The first kappa shape index (κ1) is 110. The van der Waals surface area contributed by atoms with Gasteiger partial charge in [0.2, 0.25) is 0 Å². The molecular weight excluding hydrogens is 1270 g/mol. The Hall–Kier alpha value is -3.18. The van der Waals surface area contributed by atoms with Crippen LogP contribution in [0, 0.1) is 0 Å². The van der Waals surface area contributed by atoms with E-state index in [2.05, 4.69) is 48.5 Å². The van der Waals surface area contributed by atoms with Crippen molar-refractivity contribution in [2.75, 3.05) is 6.61 Å². The maximum Gasteiger partial charge on any atom is 0.305 e. The van der Waals surface area contributed by atoms with Gasteiger partial charge in [-0.05, 0) is 44.9 Å². The average Bonchev–Trinajstić information content (AvgIpc) is 3.83. The molecule has 612 valence electrons. The maximum atomic E-state index is 11.8. The van der Waals surface area contributed by atoms with Crippen molar-refractivity contribution in [2.45, 2.75) is 536 Å². The fourth-order valence-electron chi connectivity index (χ4n) is 12.4. The van der Waals surface area contributed by atoms with Crippen LogP contribution in [0.4, 0.5) is 0 Å². The lowest BCUT2D eigenvalue weighted by Crippen LogP contribution is -2.05. The molecular formula is C90H180O12. The van der Waals surface area contributed by atoms with Crippen LogP contribution in [0.3, 0.4) is 0 Å². The van der Waals surface area contributed by atoms with E-state index in [-0.39, 0.29) is 5.97 Å². The summed E-state index contributed by atoms with van der Waals surface area (Å²) in [7, 11) is 0. The zero-order chi connectivity index (χ0) is 76.6. The number of hydrogen-bond donors (Lipinski definition) is 5. The molecule has 0 aliphatic carbocycles. The Morgan fingerprint density at radius 3 is 0.392 bits per heavy atom. The van der Waals surface area contributed by atoms with Gasteiger partial charge in [-0.1, -0.05) is 453 Å². The van der Waals surface area contributed by atoms with E-state index < -0.39 is 29.8 Å². The van der Waals surface area contributed by atoms with Crippen LogP contribution in [0.5, 0.6) is 0 Å². The minimum atomic E-state index is -0.659. The van der Waals surface area contributed by atoms with E-state index in [0.29, 0.717) is 45.1 Å². The molecule has 0 aromatic heterocycles. The van der Waals surface area contributed by atoms with E-state index in [1.165, 1.54) is 372 Å². The van der Waals surface area contributed by atoms with Crippen molar-refractivity contribution >= 4 is 35.8 Å². The summed E-state index contributed by atoms with van der Waals surface area (Å²) in [5, 5.41) is 42.1. The quantitative estimate of drug-likeness (QED) is 0.0284. The Morgan fingerprint density at radius 1 is 0.157 bits per heavy atom. The maximum absolute atomic E-state index is 11.8. The number of esters is 1. The van der Waals surface area contributed by atoms with Gasteiger partial charge in [0.05, 0.1) is 6.61 Å². The van der Waals surface area contributed by atoms with Gasteiger partial charge >= 0.3 is 35.8 Å². The molecule has 0 aliphatic rings. The summed E-state index contributed by atoms with van der Waals surface area (Å²) in [6, 6.07) is 0. The first-order chi connectivity index (χ1) is 49.7. The molecule has 12 heteroatoms. The van der Waals surface area contributed by atoms with Crippen molar-refractivity contribution in [1.29, 1.82) is 0 Å². The lowest BCUT2D eigenvalue weighted by atomic mass is 10.0. The van der Waals surface area contributed by atoms with Gasteiger partial charge in [-0.25, -0.2) is 0 Å². The molecule has 0 heterocycles. The van der Waals surface area contributed by atoms with Gasteiger partial charge in [0.15, 0.2) is 0 Å². The molecule has 0 rings (SSSR count). The van der Waals surface area contributed by atoms with E-state index >= 15 is 0 Å². The minimum absolute atomic E-state index is 0.0221. The van der Waals surface area contributed by atoms with Gasteiger partial charge in [0.1, 0.15) is 0 Å². The van der Waals surface area contributed by atoms with Crippen LogP contribution in [0.25, 0.3) is 0 Å². The largest absolute Gasteiger partial charge is 0.481 e. The molecule has 0 aromatic carbocycles. The van der Waals surface area contributed by atoms with Crippen LogP contribution >= 0.6 is 0 Å². The third-order valence-corrected chi connectivity index (χ3v) is 19.2. The monoisotopic (exact) mass is 1450 g/mol. The standard InChI is InChI=1S/C30H60O2.5C12H24O2/c1-3-5-7-9-11-13-14-15-16-17-18-19-21-23-25-27-29-32-30(31)28-26-24-22-20-12-10-8-6-4-2;5*1-2-3-4-5-6-7-8-9-10-11-12(13)14/h3-29H2,1-2H3;5*2-11H2,1H3,(H,13,14). The molecule has 0 aromatic rings. The van der Waals surface area contributed by atoms with Crippen LogP contribution in [-0.4, -0.2) is 68.0 Å². The molecule has 0 radical (unpaired) electrons. The summed E-state index contributed by atoms with van der Waals surface area (Å²) in [6.07, 6.45) is 91.7. The van der Waals surface area contributed by atoms with Gasteiger partial charge < -0.3 is 30.3 Å². The second kappa shape index (κ2) is 106. The summed E-state index contributed by atoms with van der Waals surface area (Å²) in [5.74, 6) is -3.27. The predicted molar refractivity (Wildman–Crippen MR) is 440 cm³/mol. The summed E-state index contributed by atoms with van der Waals surface area (Å²) < 4.78 is 5.39. The van der Waals surface area contributed by atoms with Crippen LogP contribution in [-0.2, 0) is 33.5 Å². The zero-order valence-electron chi connectivity index (χ0n) is 69.5. The van der Waals surface area contributed by atoms with Crippen molar-refractivity contribution in [3.05, 3.63) is 0 Å². The number of unbranched alkanes of at least 4 members (excludes halogenated alkanes) is 63. The van der Waals surface area contributed by atoms with Crippen molar-refractivity contribution in [3.8, 4) is 0 Å². The predicted octanol–water partition coefficient (Wildman–Crippen LogP) is 30.7. The number of carbonyl (C=O) groups is 6. The first-order valence-electron chi connectivity index (χ1n) is 44.9. The highest BCUT2D eigenvalue weighted by Crippen LogP contribution is 2.18. The number of hydrogen-bond acceptors (Lipinski definition) is 7. The first-order valence-corrected chi connectivity index (χ1v) is 44.9. The number of carbonyl (C=O) groups excluding carboxylic acids is 1. The van der Waals surface area contributed by atoms with Crippen LogP contribution < -0.4 is 0 Å². The third-order valence-electron chi connectivity index (χ3n) is 19.2. The number of carboxylic acid groups (broad SMARTS) is 5. The van der Waals surface area contributed by atoms with E-state index in [9.17, 15) is 28.8 Å². The molecule has 0 atom stereocenters. The van der Waals surface area contributed by atoms with E-state index in [0.717, 1.165) is 77.0 Å². The topological polar surface area (TPSA) is 213 Å². The molecule has 0 amide bonds.